The largest absolute Gasteiger partial charge is 0.481 e. The van der Waals surface area contributed by atoms with Gasteiger partial charge in [0.1, 0.15) is 11.2 Å². The van der Waals surface area contributed by atoms with E-state index in [2.05, 4.69) is 9.88 Å². The van der Waals surface area contributed by atoms with Crippen LogP contribution in [-0.2, 0) is 11.3 Å². The van der Waals surface area contributed by atoms with Gasteiger partial charge in [-0.25, -0.2) is 9.78 Å². The van der Waals surface area contributed by atoms with Crippen LogP contribution in [0.1, 0.15) is 5.56 Å². The van der Waals surface area contributed by atoms with E-state index >= 15 is 0 Å². The van der Waals surface area contributed by atoms with Crippen LogP contribution >= 0.6 is 0 Å². The number of carbonyl (C=O) groups is 2. The number of hydrogen-bond donors (Lipinski definition) is 2. The Balaban J connectivity index is 1.76. The fourth-order valence-corrected chi connectivity index (χ4v) is 3.85. The van der Waals surface area contributed by atoms with Crippen LogP contribution in [0.15, 0.2) is 18.3 Å². The van der Waals surface area contributed by atoms with Gasteiger partial charge in [-0.2, -0.15) is 0 Å². The molecule has 2 fully saturated rings. The van der Waals surface area contributed by atoms with Crippen LogP contribution in [0.2, 0.25) is 0 Å². The van der Waals surface area contributed by atoms with Crippen LogP contribution in [0.3, 0.4) is 0 Å². The second kappa shape index (κ2) is 5.94. The average Bonchev–Trinajstić information content (AvgIpc) is 3.03. The number of nitrogen functional groups attached to an aromatic ring is 1. The maximum Gasteiger partial charge on any atom is 0.319 e. The topological polar surface area (TPSA) is 103 Å². The smallest absolute Gasteiger partial charge is 0.319 e. The van der Waals surface area contributed by atoms with Crippen LogP contribution in [0.25, 0.3) is 0 Å². The van der Waals surface area contributed by atoms with Crippen molar-refractivity contribution in [3.63, 3.8) is 0 Å². The van der Waals surface area contributed by atoms with Crippen molar-refractivity contribution in [3.8, 4) is 0 Å². The van der Waals surface area contributed by atoms with Crippen molar-refractivity contribution in [2.45, 2.75) is 6.54 Å². The Morgan fingerprint density at radius 1 is 1.42 bits per heavy atom. The summed E-state index contributed by atoms with van der Waals surface area (Å²) in [6, 6.07) is 3.60. The molecule has 2 atom stereocenters. The Morgan fingerprint density at radius 2 is 2.17 bits per heavy atom. The number of carboxylic acid groups (broad SMARTS) is 1. The molecule has 0 unspecified atom stereocenters. The zero-order valence-electron chi connectivity index (χ0n) is 14.0. The van der Waals surface area contributed by atoms with Crippen LogP contribution < -0.4 is 5.73 Å². The highest BCUT2D eigenvalue weighted by atomic mass is 16.4. The number of carboxylic acids is 1. The van der Waals surface area contributed by atoms with Crippen molar-refractivity contribution >= 4 is 17.8 Å². The summed E-state index contributed by atoms with van der Waals surface area (Å²) in [6.45, 7) is 2.36. The number of amides is 2. The number of aromatic nitrogens is 1. The van der Waals surface area contributed by atoms with E-state index in [0.29, 0.717) is 32.0 Å². The highest BCUT2D eigenvalue weighted by Crippen LogP contribution is 2.43. The van der Waals surface area contributed by atoms with E-state index in [1.807, 2.05) is 12.1 Å². The van der Waals surface area contributed by atoms with Gasteiger partial charge in [0.25, 0.3) is 0 Å². The Hall–Kier alpha value is -2.35. The average molecular weight is 333 g/mol. The van der Waals surface area contributed by atoms with Gasteiger partial charge in [-0.15, -0.1) is 0 Å². The van der Waals surface area contributed by atoms with Gasteiger partial charge in [-0.3, -0.25) is 9.69 Å². The fraction of sp³-hybridized carbons (Fsp3) is 0.562. The summed E-state index contributed by atoms with van der Waals surface area (Å²) >= 11 is 0. The second-order valence-electron chi connectivity index (χ2n) is 6.93. The third kappa shape index (κ3) is 2.66. The predicted molar refractivity (Wildman–Crippen MR) is 88.1 cm³/mol. The summed E-state index contributed by atoms with van der Waals surface area (Å²) in [7, 11) is 3.36. The van der Waals surface area contributed by atoms with Gasteiger partial charge in [0.2, 0.25) is 0 Å². The number of aliphatic carboxylic acids is 1. The molecule has 3 rings (SSSR count). The minimum atomic E-state index is -0.900. The highest BCUT2D eigenvalue weighted by molar-refractivity contribution is 5.80. The minimum Gasteiger partial charge on any atom is -0.481 e. The summed E-state index contributed by atoms with van der Waals surface area (Å²) in [6.07, 6.45) is 1.64. The lowest BCUT2D eigenvalue weighted by molar-refractivity contribution is -0.148. The van der Waals surface area contributed by atoms with Gasteiger partial charge in [-0.05, 0) is 6.07 Å². The van der Waals surface area contributed by atoms with Crippen LogP contribution in [0, 0.1) is 11.3 Å². The molecule has 0 spiro atoms. The normalized spacial score (nSPS) is 26.4. The van der Waals surface area contributed by atoms with E-state index in [-0.39, 0.29) is 18.5 Å². The molecule has 0 aliphatic carbocycles. The van der Waals surface area contributed by atoms with Crippen LogP contribution in [0.5, 0.6) is 0 Å². The molecule has 2 amide bonds. The van der Waals surface area contributed by atoms with E-state index in [1.54, 1.807) is 25.2 Å². The Kier molecular flexibility index (Phi) is 4.08. The molecule has 0 bridgehead atoms. The molecule has 24 heavy (non-hydrogen) atoms. The monoisotopic (exact) mass is 333 g/mol. The van der Waals surface area contributed by atoms with E-state index in [1.165, 1.54) is 4.90 Å². The molecular formula is C16H23N5O3. The molecule has 0 saturated carbocycles. The number of nitrogens with zero attached hydrogens (tertiary/aromatic N) is 4. The lowest BCUT2D eigenvalue weighted by Gasteiger charge is -2.27. The number of hydrogen-bond acceptors (Lipinski definition) is 5. The van der Waals surface area contributed by atoms with Crippen molar-refractivity contribution in [1.29, 1.82) is 0 Å². The molecule has 3 N–H and O–H groups in total. The molecule has 0 aromatic carbocycles. The van der Waals surface area contributed by atoms with Crippen molar-refractivity contribution < 1.29 is 14.7 Å². The number of urea groups is 1. The number of rotatable bonds is 3. The van der Waals surface area contributed by atoms with E-state index in [0.717, 1.165) is 5.56 Å². The first-order valence-electron chi connectivity index (χ1n) is 7.95. The minimum absolute atomic E-state index is 0.0724. The fourth-order valence-electron chi connectivity index (χ4n) is 3.85. The maximum absolute atomic E-state index is 12.2. The molecule has 8 heteroatoms. The second-order valence-corrected chi connectivity index (χ2v) is 6.93. The zero-order valence-corrected chi connectivity index (χ0v) is 14.0. The van der Waals surface area contributed by atoms with Crippen LogP contribution in [0.4, 0.5) is 10.6 Å². The van der Waals surface area contributed by atoms with Gasteiger partial charge in [0, 0.05) is 64.5 Å². The molecule has 1 aromatic rings. The number of carbonyl (C=O) groups excluding carboxylic acids is 1. The molecule has 0 radical (unpaired) electrons. The van der Waals surface area contributed by atoms with Gasteiger partial charge in [-0.1, -0.05) is 6.07 Å². The Bertz CT molecular complexity index is 665. The van der Waals surface area contributed by atoms with E-state index < -0.39 is 11.4 Å². The first-order chi connectivity index (χ1) is 11.3. The third-order valence-corrected chi connectivity index (χ3v) is 5.08. The van der Waals surface area contributed by atoms with Crippen molar-refractivity contribution in [3.05, 3.63) is 23.9 Å². The van der Waals surface area contributed by atoms with Gasteiger partial charge >= 0.3 is 12.0 Å². The number of anilines is 1. The molecule has 130 valence electrons. The number of likely N-dealkylation sites (tertiary alicyclic amines) is 2. The molecule has 2 aliphatic rings. The summed E-state index contributed by atoms with van der Waals surface area (Å²) in [5, 5.41) is 9.84. The molecule has 8 nitrogen and oxygen atoms in total. The number of pyridine rings is 1. The molecule has 2 aliphatic heterocycles. The molecule has 2 saturated heterocycles. The Morgan fingerprint density at radius 3 is 2.75 bits per heavy atom. The molecule has 1 aromatic heterocycles. The van der Waals surface area contributed by atoms with Gasteiger partial charge in [0.05, 0.1) is 0 Å². The van der Waals surface area contributed by atoms with E-state index in [9.17, 15) is 14.7 Å². The molecular weight excluding hydrogens is 310 g/mol. The summed E-state index contributed by atoms with van der Waals surface area (Å²) in [5.41, 5.74) is 5.89. The van der Waals surface area contributed by atoms with Crippen molar-refractivity contribution in [2.75, 3.05) is 46.0 Å². The third-order valence-electron chi connectivity index (χ3n) is 5.08. The first kappa shape index (κ1) is 16.5. The maximum atomic E-state index is 12.2. The Labute approximate surface area is 140 Å². The lowest BCUT2D eigenvalue weighted by atomic mass is 9.81. The zero-order chi connectivity index (χ0) is 17.5. The quantitative estimate of drug-likeness (QED) is 0.817. The predicted octanol–water partition coefficient (Wildman–Crippen LogP) is 0.164. The van der Waals surface area contributed by atoms with Gasteiger partial charge < -0.3 is 20.6 Å². The highest BCUT2D eigenvalue weighted by Gasteiger charge is 2.58. The van der Waals surface area contributed by atoms with Gasteiger partial charge in [0.15, 0.2) is 0 Å². The first-order valence-corrected chi connectivity index (χ1v) is 7.95. The standard InChI is InChI=1S/C16H23N5O3/c1-19(2)15(24)21-8-12-7-20(9-16(12,10-21)14(22)23)6-11-4-3-5-18-13(11)17/h3-5,12H,6-10H2,1-2H3,(H2,17,18)(H,22,23)/t12-,16-/m1/s1. The van der Waals surface area contributed by atoms with E-state index in [4.69, 9.17) is 5.73 Å². The molecule has 3 heterocycles. The summed E-state index contributed by atoms with van der Waals surface area (Å²) < 4.78 is 0. The number of nitrogens with two attached hydrogens (primary N) is 1. The van der Waals surface area contributed by atoms with Crippen molar-refractivity contribution in [2.24, 2.45) is 11.3 Å². The van der Waals surface area contributed by atoms with Crippen molar-refractivity contribution in [1.82, 2.24) is 19.7 Å². The lowest BCUT2D eigenvalue weighted by Crippen LogP contribution is -2.44. The summed E-state index contributed by atoms with van der Waals surface area (Å²) in [5.74, 6) is -0.427. The number of fused-ring (bicyclic) bond motifs is 1. The van der Waals surface area contributed by atoms with Crippen LogP contribution in [-0.4, -0.2) is 77.1 Å². The SMILES string of the molecule is CN(C)C(=O)N1C[C@H]2CN(Cc3cccnc3N)C[C@@]2(C(=O)O)C1. The summed E-state index contributed by atoms with van der Waals surface area (Å²) in [4.78, 5) is 33.5.